The van der Waals surface area contributed by atoms with Crippen LogP contribution in [-0.4, -0.2) is 14.5 Å². The maximum absolute atomic E-state index is 12.5. The number of fused-ring (bicyclic) bond motifs is 1. The van der Waals surface area contributed by atoms with Crippen LogP contribution in [0, 0.1) is 13.8 Å². The summed E-state index contributed by atoms with van der Waals surface area (Å²) >= 11 is -1.24. The molecule has 108 valence electrons. The van der Waals surface area contributed by atoms with Crippen LogP contribution in [0.5, 0.6) is 0 Å². The van der Waals surface area contributed by atoms with Crippen LogP contribution in [-0.2, 0) is 16.9 Å². The van der Waals surface area contributed by atoms with E-state index in [1.54, 1.807) is 0 Å². The van der Waals surface area contributed by atoms with Crippen LogP contribution in [0.4, 0.5) is 5.69 Å². The zero-order valence-corrected chi connectivity index (χ0v) is 12.8. The minimum atomic E-state index is -1.24. The van der Waals surface area contributed by atoms with Crippen molar-refractivity contribution < 1.29 is 4.55 Å². The second-order valence-corrected chi connectivity index (χ2v) is 6.55. The summed E-state index contributed by atoms with van der Waals surface area (Å²) in [5.74, 6) is 0.366. The summed E-state index contributed by atoms with van der Waals surface area (Å²) in [6, 6.07) is 11.5. The van der Waals surface area contributed by atoms with E-state index in [0.717, 1.165) is 16.6 Å². The largest absolute Gasteiger partial charge is 0.609 e. The Morgan fingerprint density at radius 1 is 1.19 bits per heavy atom. The van der Waals surface area contributed by atoms with Gasteiger partial charge in [-0.2, -0.15) is 4.98 Å². The minimum absolute atomic E-state index is 0.366. The summed E-state index contributed by atoms with van der Waals surface area (Å²) in [6.45, 7) is 4.10. The molecular formula is C16H17N3OS. The Morgan fingerprint density at radius 2 is 1.90 bits per heavy atom. The van der Waals surface area contributed by atoms with Gasteiger partial charge in [0.2, 0.25) is 0 Å². The molecule has 2 aromatic carbocycles. The molecule has 1 heterocycles. The van der Waals surface area contributed by atoms with Crippen LogP contribution in [0.1, 0.15) is 16.7 Å². The number of para-hydroxylation sites is 1. The lowest BCUT2D eigenvalue weighted by molar-refractivity contribution is 0.587. The number of rotatable bonds is 3. The zero-order chi connectivity index (χ0) is 15.0. The highest BCUT2D eigenvalue weighted by molar-refractivity contribution is 7.90. The molecule has 0 aliphatic carbocycles. The van der Waals surface area contributed by atoms with E-state index in [2.05, 4.69) is 16.9 Å². The van der Waals surface area contributed by atoms with Crippen molar-refractivity contribution in [2.45, 2.75) is 24.8 Å². The minimum Gasteiger partial charge on any atom is -0.609 e. The van der Waals surface area contributed by atoms with Crippen LogP contribution in [0.15, 0.2) is 41.6 Å². The maximum Gasteiger partial charge on any atom is 0.321 e. The first-order chi connectivity index (χ1) is 10.0. The second-order valence-electron chi connectivity index (χ2n) is 5.18. The van der Waals surface area contributed by atoms with Crippen molar-refractivity contribution in [2.75, 3.05) is 5.73 Å². The summed E-state index contributed by atoms with van der Waals surface area (Å²) in [5, 5.41) is 0.498. The van der Waals surface area contributed by atoms with Crippen LogP contribution in [0.25, 0.3) is 11.0 Å². The number of hydrogen-bond donors (Lipinski definition) is 2. The van der Waals surface area contributed by atoms with E-state index in [1.165, 1.54) is 11.1 Å². The molecule has 0 bridgehead atoms. The lowest BCUT2D eigenvalue weighted by Crippen LogP contribution is -2.08. The second kappa shape index (κ2) is 5.42. The Balaban J connectivity index is 1.91. The average molecular weight is 299 g/mol. The number of aromatic nitrogens is 2. The molecule has 0 spiro atoms. The smallest absolute Gasteiger partial charge is 0.321 e. The van der Waals surface area contributed by atoms with Gasteiger partial charge in [-0.05, 0) is 43.2 Å². The first-order valence-corrected chi connectivity index (χ1v) is 8.05. The SMILES string of the molecule is Cc1cc2nc([S+]([O-])Cc3ccccc3N)[nH]c2cc1C. The fourth-order valence-electron chi connectivity index (χ4n) is 2.23. The van der Waals surface area contributed by atoms with Crippen LogP contribution < -0.4 is 5.73 Å². The van der Waals surface area contributed by atoms with Crippen molar-refractivity contribution in [1.82, 2.24) is 9.97 Å². The Kier molecular flexibility index (Phi) is 3.61. The number of aryl methyl sites for hydroxylation is 2. The molecular weight excluding hydrogens is 282 g/mol. The average Bonchev–Trinajstić information content (AvgIpc) is 2.85. The van der Waals surface area contributed by atoms with Gasteiger partial charge >= 0.3 is 5.16 Å². The molecule has 1 unspecified atom stereocenters. The van der Waals surface area contributed by atoms with Crippen LogP contribution >= 0.6 is 0 Å². The number of nitrogens with one attached hydrogen (secondary N) is 1. The van der Waals surface area contributed by atoms with E-state index in [9.17, 15) is 4.55 Å². The Morgan fingerprint density at radius 3 is 2.67 bits per heavy atom. The van der Waals surface area contributed by atoms with Gasteiger partial charge < -0.3 is 10.3 Å². The first-order valence-electron chi connectivity index (χ1n) is 6.73. The monoisotopic (exact) mass is 299 g/mol. The van der Waals surface area contributed by atoms with E-state index < -0.39 is 11.2 Å². The van der Waals surface area contributed by atoms with E-state index >= 15 is 0 Å². The quantitative estimate of drug-likeness (QED) is 0.576. The molecule has 5 heteroatoms. The van der Waals surface area contributed by atoms with Crippen molar-refractivity contribution in [3.05, 3.63) is 53.1 Å². The Labute approximate surface area is 126 Å². The van der Waals surface area contributed by atoms with Gasteiger partial charge in [-0.25, -0.2) is 0 Å². The molecule has 0 saturated heterocycles. The molecule has 4 nitrogen and oxygen atoms in total. The van der Waals surface area contributed by atoms with Gasteiger partial charge in [0.25, 0.3) is 0 Å². The topological polar surface area (TPSA) is 77.8 Å². The summed E-state index contributed by atoms with van der Waals surface area (Å²) < 4.78 is 12.5. The molecule has 21 heavy (non-hydrogen) atoms. The van der Waals surface area contributed by atoms with E-state index in [0.29, 0.717) is 16.6 Å². The molecule has 0 amide bonds. The molecule has 0 fully saturated rings. The molecule has 0 aliphatic rings. The number of nitrogens with two attached hydrogens (primary N) is 1. The summed E-state index contributed by atoms with van der Waals surface area (Å²) in [7, 11) is 0. The van der Waals surface area contributed by atoms with Gasteiger partial charge in [-0.3, -0.25) is 4.98 Å². The Bertz CT molecular complexity index is 758. The zero-order valence-electron chi connectivity index (χ0n) is 12.0. The van der Waals surface area contributed by atoms with Crippen molar-refractivity contribution >= 4 is 27.9 Å². The van der Waals surface area contributed by atoms with E-state index in [-0.39, 0.29) is 0 Å². The van der Waals surface area contributed by atoms with Gasteiger partial charge in [0.05, 0.1) is 11.0 Å². The predicted molar refractivity (Wildman–Crippen MR) is 86.5 cm³/mol. The number of aromatic amines is 1. The molecule has 1 aromatic heterocycles. The summed E-state index contributed by atoms with van der Waals surface area (Å²) in [6.07, 6.45) is 0. The van der Waals surface area contributed by atoms with Crippen molar-refractivity contribution in [3.63, 3.8) is 0 Å². The summed E-state index contributed by atoms with van der Waals surface area (Å²) in [5.41, 5.74) is 11.6. The third-order valence-corrected chi connectivity index (χ3v) is 4.83. The van der Waals surface area contributed by atoms with Gasteiger partial charge in [0.15, 0.2) is 0 Å². The highest BCUT2D eigenvalue weighted by Gasteiger charge is 2.18. The number of hydrogen-bond acceptors (Lipinski definition) is 3. The van der Waals surface area contributed by atoms with Crippen LogP contribution in [0.3, 0.4) is 0 Å². The number of nitrogen functional groups attached to an aromatic ring is 1. The molecule has 0 saturated carbocycles. The normalized spacial score (nSPS) is 12.7. The highest BCUT2D eigenvalue weighted by Crippen LogP contribution is 2.22. The standard InChI is InChI=1S/C16H17N3OS/c1-10-7-14-15(8-11(10)2)19-16(18-14)21(20)9-12-5-3-4-6-13(12)17/h3-8H,9,17H2,1-2H3,(H,18,19). The van der Waals surface area contributed by atoms with Gasteiger partial charge in [-0.1, -0.05) is 18.2 Å². The number of nitrogens with zero attached hydrogens (tertiary/aromatic N) is 1. The lowest BCUT2D eigenvalue weighted by Gasteiger charge is -2.08. The number of anilines is 1. The van der Waals surface area contributed by atoms with Crippen molar-refractivity contribution in [1.29, 1.82) is 0 Å². The lowest BCUT2D eigenvalue weighted by atomic mass is 10.1. The highest BCUT2D eigenvalue weighted by atomic mass is 32.2. The third-order valence-electron chi connectivity index (χ3n) is 3.63. The van der Waals surface area contributed by atoms with Gasteiger partial charge in [0, 0.05) is 22.4 Å². The first kappa shape index (κ1) is 14.0. The fourth-order valence-corrected chi connectivity index (χ4v) is 3.34. The van der Waals surface area contributed by atoms with E-state index in [4.69, 9.17) is 5.73 Å². The van der Waals surface area contributed by atoms with Crippen molar-refractivity contribution in [3.8, 4) is 0 Å². The van der Waals surface area contributed by atoms with Gasteiger partial charge in [0.1, 0.15) is 5.75 Å². The molecule has 3 rings (SSSR count). The molecule has 3 aromatic rings. The maximum atomic E-state index is 12.5. The molecule has 1 atom stereocenters. The van der Waals surface area contributed by atoms with Crippen molar-refractivity contribution in [2.24, 2.45) is 0 Å². The fraction of sp³-hybridized carbons (Fsp3) is 0.188. The molecule has 0 aliphatic heterocycles. The van der Waals surface area contributed by atoms with Crippen LogP contribution in [0.2, 0.25) is 0 Å². The van der Waals surface area contributed by atoms with E-state index in [1.807, 2.05) is 43.3 Å². The third kappa shape index (κ3) is 2.75. The molecule has 3 N–H and O–H groups in total. The number of imidazole rings is 1. The number of H-pyrrole nitrogens is 1. The number of benzene rings is 2. The summed E-state index contributed by atoms with van der Waals surface area (Å²) in [4.78, 5) is 7.59. The van der Waals surface area contributed by atoms with Gasteiger partial charge in [-0.15, -0.1) is 0 Å². The Hall–Kier alpha value is -1.98. The molecule has 0 radical (unpaired) electrons. The predicted octanol–water partition coefficient (Wildman–Crippen LogP) is 3.07.